The predicted octanol–water partition coefficient (Wildman–Crippen LogP) is 1.24. The van der Waals surface area contributed by atoms with E-state index in [1.54, 1.807) is 7.11 Å². The van der Waals surface area contributed by atoms with Crippen LogP contribution < -0.4 is 15.4 Å². The van der Waals surface area contributed by atoms with Crippen molar-refractivity contribution in [3.05, 3.63) is 29.8 Å². The van der Waals surface area contributed by atoms with Crippen LogP contribution in [0.1, 0.15) is 18.4 Å². The summed E-state index contributed by atoms with van der Waals surface area (Å²) in [4.78, 5) is 22.3. The van der Waals surface area contributed by atoms with Gasteiger partial charge in [-0.2, -0.15) is 0 Å². The Bertz CT molecular complexity index is 487. The van der Waals surface area contributed by atoms with Crippen molar-refractivity contribution in [2.24, 2.45) is 0 Å². The number of rotatable bonds is 7. The van der Waals surface area contributed by atoms with Crippen LogP contribution in [-0.4, -0.2) is 38.3 Å². The maximum Gasteiger partial charge on any atom is 0.407 e. The number of alkyl carbamates (subject to hydrolysis) is 1. The number of nitrogens with one attached hydrogen (secondary N) is 2. The molecule has 0 unspecified atom stereocenters. The molecule has 0 bridgehead atoms. The molecule has 1 atom stereocenters. The molecular formula is C15H20N2O4. The number of carbonyl (C=O) groups excluding carboxylic acids is 2. The van der Waals surface area contributed by atoms with Gasteiger partial charge in [-0.1, -0.05) is 12.1 Å². The molecule has 114 valence electrons. The number of carbonyl (C=O) groups is 2. The van der Waals surface area contributed by atoms with Crippen LogP contribution in [0.25, 0.3) is 0 Å². The second-order valence-corrected chi connectivity index (χ2v) is 4.88. The highest BCUT2D eigenvalue weighted by atomic mass is 16.5. The number of unbranched alkanes of at least 4 members (excludes halogenated alkanes) is 1. The van der Waals surface area contributed by atoms with Gasteiger partial charge in [-0.05, 0) is 37.0 Å². The molecule has 0 saturated carbocycles. The van der Waals surface area contributed by atoms with Gasteiger partial charge in [0.25, 0.3) is 0 Å². The standard InChI is InChI=1S/C15H20N2O4/c1-20-12-7-5-11(6-8-12)4-2-3-9-21-15(19)17-13-10-16-14(13)18/h5-8,13H,2-4,9-10H2,1H3,(H,16,18)(H,17,19)/t13-/m0/s1. The van der Waals surface area contributed by atoms with E-state index >= 15 is 0 Å². The zero-order valence-electron chi connectivity index (χ0n) is 12.1. The van der Waals surface area contributed by atoms with Gasteiger partial charge in [-0.25, -0.2) is 4.79 Å². The summed E-state index contributed by atoms with van der Waals surface area (Å²) in [5.74, 6) is 0.685. The predicted molar refractivity (Wildman–Crippen MR) is 77.2 cm³/mol. The molecule has 6 nitrogen and oxygen atoms in total. The molecule has 1 aromatic carbocycles. The summed E-state index contributed by atoms with van der Waals surface area (Å²) in [6.45, 7) is 0.835. The first kappa shape index (κ1) is 15.2. The summed E-state index contributed by atoms with van der Waals surface area (Å²) in [6.07, 6.45) is 2.12. The molecule has 6 heteroatoms. The van der Waals surface area contributed by atoms with Crippen LogP contribution >= 0.6 is 0 Å². The molecule has 1 aliphatic heterocycles. The van der Waals surface area contributed by atoms with E-state index in [1.807, 2.05) is 24.3 Å². The summed E-state index contributed by atoms with van der Waals surface area (Å²) in [5, 5.41) is 5.05. The lowest BCUT2D eigenvalue weighted by atomic mass is 10.1. The van der Waals surface area contributed by atoms with Crippen molar-refractivity contribution < 1.29 is 19.1 Å². The molecule has 1 aromatic rings. The highest BCUT2D eigenvalue weighted by molar-refractivity contribution is 5.90. The van der Waals surface area contributed by atoms with Crippen molar-refractivity contribution >= 4 is 12.0 Å². The van der Waals surface area contributed by atoms with Crippen molar-refractivity contribution in [3.8, 4) is 5.75 Å². The third-order valence-corrected chi connectivity index (χ3v) is 3.34. The number of β-lactam (4-membered cyclic amide) rings is 1. The molecule has 21 heavy (non-hydrogen) atoms. The lowest BCUT2D eigenvalue weighted by Crippen LogP contribution is -2.61. The van der Waals surface area contributed by atoms with Gasteiger partial charge in [0.15, 0.2) is 0 Å². The number of hydrogen-bond acceptors (Lipinski definition) is 4. The minimum absolute atomic E-state index is 0.161. The number of methoxy groups -OCH3 is 1. The lowest BCUT2D eigenvalue weighted by Gasteiger charge is -2.26. The number of benzene rings is 1. The Balaban J connectivity index is 1.54. The monoisotopic (exact) mass is 292 g/mol. The van der Waals surface area contributed by atoms with Crippen molar-refractivity contribution in [1.82, 2.24) is 10.6 Å². The first-order chi connectivity index (χ1) is 10.2. The Labute approximate surface area is 123 Å². The average Bonchev–Trinajstić information content (AvgIpc) is 2.51. The number of ether oxygens (including phenoxy) is 2. The van der Waals surface area contributed by atoms with Crippen LogP contribution in [0.3, 0.4) is 0 Å². The fourth-order valence-electron chi connectivity index (χ4n) is 1.98. The van der Waals surface area contributed by atoms with Crippen molar-refractivity contribution in [3.63, 3.8) is 0 Å². The zero-order valence-corrected chi connectivity index (χ0v) is 12.1. The maximum atomic E-state index is 11.4. The average molecular weight is 292 g/mol. The molecule has 0 radical (unpaired) electrons. The normalized spacial score (nSPS) is 16.6. The number of aryl methyl sites for hydroxylation is 1. The van der Waals surface area contributed by atoms with Gasteiger partial charge >= 0.3 is 6.09 Å². The topological polar surface area (TPSA) is 76.7 Å². The minimum atomic E-state index is -0.528. The van der Waals surface area contributed by atoms with Crippen LogP contribution in [-0.2, 0) is 16.0 Å². The van der Waals surface area contributed by atoms with E-state index in [-0.39, 0.29) is 5.91 Å². The van der Waals surface area contributed by atoms with E-state index in [4.69, 9.17) is 9.47 Å². The second kappa shape index (κ2) is 7.52. The summed E-state index contributed by atoms with van der Waals surface area (Å²) < 4.78 is 10.1. The summed E-state index contributed by atoms with van der Waals surface area (Å²) in [5.41, 5.74) is 1.23. The largest absolute Gasteiger partial charge is 0.497 e. The molecule has 2 N–H and O–H groups in total. The van der Waals surface area contributed by atoms with Gasteiger partial charge in [0.2, 0.25) is 5.91 Å². The quantitative estimate of drug-likeness (QED) is 0.585. The van der Waals surface area contributed by atoms with Crippen LogP contribution in [0.15, 0.2) is 24.3 Å². The Kier molecular flexibility index (Phi) is 5.43. The summed E-state index contributed by atoms with van der Waals surface area (Å²) >= 11 is 0. The Hall–Kier alpha value is -2.24. The van der Waals surface area contributed by atoms with Gasteiger partial charge in [0.1, 0.15) is 11.8 Å². The maximum absolute atomic E-state index is 11.4. The SMILES string of the molecule is COc1ccc(CCCCOC(=O)N[C@H]2CNC2=O)cc1. The van der Waals surface area contributed by atoms with Gasteiger partial charge in [0.05, 0.1) is 13.7 Å². The Morgan fingerprint density at radius 3 is 2.67 bits per heavy atom. The molecule has 1 aliphatic rings. The number of hydrogen-bond donors (Lipinski definition) is 2. The van der Waals surface area contributed by atoms with E-state index in [9.17, 15) is 9.59 Å². The zero-order chi connectivity index (χ0) is 15.1. The first-order valence-electron chi connectivity index (χ1n) is 7.03. The summed E-state index contributed by atoms with van der Waals surface area (Å²) in [6, 6.07) is 7.49. The smallest absolute Gasteiger partial charge is 0.407 e. The molecule has 1 fully saturated rings. The van der Waals surface area contributed by atoms with Gasteiger partial charge in [0, 0.05) is 6.54 Å². The third kappa shape index (κ3) is 4.66. The third-order valence-electron chi connectivity index (χ3n) is 3.34. The number of amides is 2. The lowest BCUT2D eigenvalue weighted by molar-refractivity contribution is -0.128. The molecular weight excluding hydrogens is 272 g/mol. The fourth-order valence-corrected chi connectivity index (χ4v) is 1.98. The van der Waals surface area contributed by atoms with Gasteiger partial charge in [-0.15, -0.1) is 0 Å². The molecule has 0 aliphatic carbocycles. The summed E-state index contributed by atoms with van der Waals surface area (Å²) in [7, 11) is 1.64. The second-order valence-electron chi connectivity index (χ2n) is 4.88. The molecule has 2 rings (SSSR count). The molecule has 2 amide bonds. The van der Waals surface area contributed by atoms with Crippen LogP contribution in [0.4, 0.5) is 4.79 Å². The Morgan fingerprint density at radius 1 is 1.33 bits per heavy atom. The molecule has 0 spiro atoms. The van der Waals surface area contributed by atoms with E-state index in [0.29, 0.717) is 13.2 Å². The van der Waals surface area contributed by atoms with E-state index in [2.05, 4.69) is 10.6 Å². The van der Waals surface area contributed by atoms with E-state index in [1.165, 1.54) is 5.56 Å². The Morgan fingerprint density at radius 2 is 2.10 bits per heavy atom. The van der Waals surface area contributed by atoms with Crippen LogP contribution in [0.2, 0.25) is 0 Å². The van der Waals surface area contributed by atoms with Crippen LogP contribution in [0, 0.1) is 0 Å². The highest BCUT2D eigenvalue weighted by Gasteiger charge is 2.29. The molecule has 1 heterocycles. The first-order valence-corrected chi connectivity index (χ1v) is 7.03. The van der Waals surface area contributed by atoms with E-state index in [0.717, 1.165) is 25.0 Å². The van der Waals surface area contributed by atoms with Crippen molar-refractivity contribution in [2.75, 3.05) is 20.3 Å². The van der Waals surface area contributed by atoms with Crippen LogP contribution in [0.5, 0.6) is 5.75 Å². The van der Waals surface area contributed by atoms with Crippen molar-refractivity contribution in [2.45, 2.75) is 25.3 Å². The fraction of sp³-hybridized carbons (Fsp3) is 0.467. The highest BCUT2D eigenvalue weighted by Crippen LogP contribution is 2.13. The molecule has 0 aromatic heterocycles. The van der Waals surface area contributed by atoms with Crippen molar-refractivity contribution in [1.29, 1.82) is 0 Å². The minimum Gasteiger partial charge on any atom is -0.497 e. The van der Waals surface area contributed by atoms with Gasteiger partial charge < -0.3 is 20.1 Å². The van der Waals surface area contributed by atoms with Gasteiger partial charge in [-0.3, -0.25) is 4.79 Å². The van der Waals surface area contributed by atoms with E-state index < -0.39 is 12.1 Å². The molecule has 1 saturated heterocycles.